The fraction of sp³-hybridized carbons (Fsp3) is 0. The van der Waals surface area contributed by atoms with Crippen LogP contribution in [0.15, 0.2) is 24.5 Å². The number of pyridine rings is 1. The van der Waals surface area contributed by atoms with Gasteiger partial charge in [-0.3, -0.25) is 15.2 Å². The summed E-state index contributed by atoms with van der Waals surface area (Å²) in [6, 6.07) is 3.17. The number of hydrazine groups is 1. The number of rotatable bonds is 1. The van der Waals surface area contributed by atoms with E-state index in [1.165, 1.54) is 12.4 Å². The van der Waals surface area contributed by atoms with Gasteiger partial charge in [0.05, 0.1) is 0 Å². The number of amides is 1. The van der Waals surface area contributed by atoms with E-state index in [-0.39, 0.29) is 23.0 Å². The van der Waals surface area contributed by atoms with Gasteiger partial charge in [-0.15, -0.1) is 0 Å². The van der Waals surface area contributed by atoms with Crippen LogP contribution < -0.4 is 11.3 Å². The van der Waals surface area contributed by atoms with Crippen LogP contribution >= 0.6 is 0 Å². The second-order valence-electron chi connectivity index (χ2n) is 1.71. The molecule has 1 amide bonds. The SMILES string of the molecule is NNC(=O)c1ccncc1.[Cu]. The Kier molecular flexibility index (Phi) is 4.45. The average Bonchev–Trinajstić information content (AvgIpc) is 2.05. The first-order valence-corrected chi connectivity index (χ1v) is 2.75. The Morgan fingerprint density at radius 1 is 1.45 bits per heavy atom. The molecule has 11 heavy (non-hydrogen) atoms. The van der Waals surface area contributed by atoms with E-state index < -0.39 is 0 Å². The topological polar surface area (TPSA) is 68.0 Å². The first-order chi connectivity index (χ1) is 4.84. The molecule has 0 aliphatic rings. The Hall–Kier alpha value is -0.901. The van der Waals surface area contributed by atoms with E-state index in [4.69, 9.17) is 5.84 Å². The van der Waals surface area contributed by atoms with Gasteiger partial charge < -0.3 is 0 Å². The third-order valence-corrected chi connectivity index (χ3v) is 1.07. The number of carbonyl (C=O) groups excluding carboxylic acids is 1. The van der Waals surface area contributed by atoms with E-state index in [2.05, 4.69) is 4.98 Å². The van der Waals surface area contributed by atoms with Crippen molar-refractivity contribution < 1.29 is 21.9 Å². The molecule has 0 unspecified atom stereocenters. The minimum Gasteiger partial charge on any atom is -0.290 e. The number of nitrogen functional groups attached to an aromatic ring is 1. The molecule has 3 N–H and O–H groups in total. The van der Waals surface area contributed by atoms with Gasteiger partial charge >= 0.3 is 0 Å². The summed E-state index contributed by atoms with van der Waals surface area (Å²) in [6.45, 7) is 0. The van der Waals surface area contributed by atoms with Gasteiger partial charge in [0.1, 0.15) is 0 Å². The molecule has 0 saturated carbocycles. The molecule has 0 saturated heterocycles. The van der Waals surface area contributed by atoms with Crippen LogP contribution in [0.2, 0.25) is 0 Å². The van der Waals surface area contributed by atoms with Crippen molar-refractivity contribution in [2.75, 3.05) is 0 Å². The van der Waals surface area contributed by atoms with E-state index in [9.17, 15) is 4.79 Å². The number of carbonyl (C=O) groups is 1. The Labute approximate surface area is 74.6 Å². The van der Waals surface area contributed by atoms with Gasteiger partial charge in [0, 0.05) is 35.0 Å². The zero-order valence-electron chi connectivity index (χ0n) is 5.54. The van der Waals surface area contributed by atoms with Gasteiger partial charge in [-0.05, 0) is 12.1 Å². The molecule has 0 aliphatic heterocycles. The molecule has 1 rings (SSSR count). The second kappa shape index (κ2) is 4.85. The van der Waals surface area contributed by atoms with Crippen LogP contribution in [0.3, 0.4) is 0 Å². The quantitative estimate of drug-likeness (QED) is 0.283. The minimum absolute atomic E-state index is 0. The molecule has 1 aromatic rings. The molecule has 63 valence electrons. The number of nitrogens with one attached hydrogen (secondary N) is 1. The molecule has 1 radical (unpaired) electrons. The number of nitrogens with two attached hydrogens (primary N) is 1. The largest absolute Gasteiger partial charge is 0.290 e. The van der Waals surface area contributed by atoms with Gasteiger partial charge in [-0.2, -0.15) is 0 Å². The first-order valence-electron chi connectivity index (χ1n) is 2.75. The van der Waals surface area contributed by atoms with Gasteiger partial charge in [-0.25, -0.2) is 5.84 Å². The fourth-order valence-corrected chi connectivity index (χ4v) is 0.587. The molecule has 1 aromatic heterocycles. The van der Waals surface area contributed by atoms with E-state index in [1.807, 2.05) is 5.43 Å². The van der Waals surface area contributed by atoms with E-state index in [0.717, 1.165) is 0 Å². The third kappa shape index (κ3) is 2.67. The van der Waals surface area contributed by atoms with Crippen molar-refractivity contribution in [1.82, 2.24) is 10.4 Å². The molecule has 4 nitrogen and oxygen atoms in total. The molecular formula is C6H7CuN3O. The average molecular weight is 201 g/mol. The minimum atomic E-state index is -0.303. The summed E-state index contributed by atoms with van der Waals surface area (Å²) in [5.41, 5.74) is 2.53. The molecule has 5 heteroatoms. The van der Waals surface area contributed by atoms with Crippen LogP contribution in [0.4, 0.5) is 0 Å². The van der Waals surface area contributed by atoms with Gasteiger partial charge in [0.15, 0.2) is 0 Å². The standard InChI is InChI=1S/C6H7N3O.Cu/c7-9-6(10)5-1-3-8-4-2-5;/h1-4H,7H2,(H,9,10);. The second-order valence-corrected chi connectivity index (χ2v) is 1.71. The number of hydrogen-bond acceptors (Lipinski definition) is 3. The van der Waals surface area contributed by atoms with Gasteiger partial charge in [0.25, 0.3) is 5.91 Å². The predicted molar refractivity (Wildman–Crippen MR) is 35.9 cm³/mol. The van der Waals surface area contributed by atoms with Crippen molar-refractivity contribution in [3.05, 3.63) is 30.1 Å². The molecule has 0 fully saturated rings. The summed E-state index contributed by atoms with van der Waals surface area (Å²) < 4.78 is 0. The monoisotopic (exact) mass is 200 g/mol. The Morgan fingerprint density at radius 2 is 2.00 bits per heavy atom. The molecule has 0 spiro atoms. The number of nitrogens with zero attached hydrogens (tertiary/aromatic N) is 1. The van der Waals surface area contributed by atoms with Gasteiger partial charge in [0.2, 0.25) is 0 Å². The summed E-state index contributed by atoms with van der Waals surface area (Å²) in [6.07, 6.45) is 3.06. The fourth-order valence-electron chi connectivity index (χ4n) is 0.587. The summed E-state index contributed by atoms with van der Waals surface area (Å²) in [7, 11) is 0. The molecule has 0 aromatic carbocycles. The maximum absolute atomic E-state index is 10.7. The van der Waals surface area contributed by atoms with Crippen molar-refractivity contribution in [3.63, 3.8) is 0 Å². The van der Waals surface area contributed by atoms with Crippen molar-refractivity contribution in [2.45, 2.75) is 0 Å². The maximum atomic E-state index is 10.7. The molecule has 0 aliphatic carbocycles. The van der Waals surface area contributed by atoms with Crippen LogP contribution in [-0.2, 0) is 17.1 Å². The van der Waals surface area contributed by atoms with Crippen LogP contribution in [0.5, 0.6) is 0 Å². The van der Waals surface area contributed by atoms with Crippen molar-refractivity contribution in [1.29, 1.82) is 0 Å². The van der Waals surface area contributed by atoms with Crippen molar-refractivity contribution >= 4 is 5.91 Å². The van der Waals surface area contributed by atoms with Crippen LogP contribution in [0.1, 0.15) is 10.4 Å². The van der Waals surface area contributed by atoms with Crippen LogP contribution in [-0.4, -0.2) is 10.9 Å². The zero-order chi connectivity index (χ0) is 7.40. The normalized spacial score (nSPS) is 8.09. The molecular weight excluding hydrogens is 194 g/mol. The first kappa shape index (κ1) is 10.1. The van der Waals surface area contributed by atoms with Crippen molar-refractivity contribution in [2.24, 2.45) is 5.84 Å². The third-order valence-electron chi connectivity index (χ3n) is 1.07. The van der Waals surface area contributed by atoms with E-state index >= 15 is 0 Å². The summed E-state index contributed by atoms with van der Waals surface area (Å²) in [4.78, 5) is 14.5. The summed E-state index contributed by atoms with van der Waals surface area (Å²) >= 11 is 0. The molecule has 0 atom stereocenters. The zero-order valence-corrected chi connectivity index (χ0v) is 6.49. The van der Waals surface area contributed by atoms with Crippen molar-refractivity contribution in [3.8, 4) is 0 Å². The van der Waals surface area contributed by atoms with Crippen LogP contribution in [0.25, 0.3) is 0 Å². The number of aromatic nitrogens is 1. The van der Waals surface area contributed by atoms with E-state index in [1.54, 1.807) is 12.1 Å². The maximum Gasteiger partial charge on any atom is 0.265 e. The predicted octanol–water partition coefficient (Wildman–Crippen LogP) is -0.317. The number of hydrogen-bond donors (Lipinski definition) is 2. The summed E-state index contributed by atoms with van der Waals surface area (Å²) in [5, 5.41) is 0. The molecule has 0 bridgehead atoms. The van der Waals surface area contributed by atoms with Crippen LogP contribution in [0, 0.1) is 0 Å². The Balaban J connectivity index is 0.000001000. The Bertz CT molecular complexity index is 227. The van der Waals surface area contributed by atoms with E-state index in [0.29, 0.717) is 5.56 Å². The smallest absolute Gasteiger partial charge is 0.265 e. The van der Waals surface area contributed by atoms with Gasteiger partial charge in [-0.1, -0.05) is 0 Å². The summed E-state index contributed by atoms with van der Waals surface area (Å²) in [5.74, 6) is 4.58. The Morgan fingerprint density at radius 3 is 2.45 bits per heavy atom. The molecule has 1 heterocycles.